The number of nitriles is 1. The van der Waals surface area contributed by atoms with Gasteiger partial charge in [0.15, 0.2) is 5.82 Å². The van der Waals surface area contributed by atoms with Crippen LogP contribution in [0.1, 0.15) is 50.1 Å². The SMILES string of the molecule is N#CC1CCCCC1n1nc(Nc2ccc(C3(C(F)(F)F)CCCN3)cc2)c2c(=O)[nH]ccc21. The zero-order valence-electron chi connectivity index (χ0n) is 18.5. The van der Waals surface area contributed by atoms with Crippen LogP contribution in [-0.4, -0.2) is 27.5 Å². The number of benzene rings is 1. The fraction of sp³-hybridized carbons (Fsp3) is 0.458. The van der Waals surface area contributed by atoms with Crippen molar-refractivity contribution in [2.24, 2.45) is 5.92 Å². The van der Waals surface area contributed by atoms with Crippen LogP contribution in [0.2, 0.25) is 0 Å². The number of aromatic amines is 1. The molecule has 1 saturated heterocycles. The van der Waals surface area contributed by atoms with Crippen molar-refractivity contribution < 1.29 is 13.2 Å². The fourth-order valence-corrected chi connectivity index (χ4v) is 5.36. The first-order valence-corrected chi connectivity index (χ1v) is 11.5. The first-order valence-electron chi connectivity index (χ1n) is 11.5. The molecule has 7 nitrogen and oxygen atoms in total. The van der Waals surface area contributed by atoms with Gasteiger partial charge in [0.1, 0.15) is 10.9 Å². The van der Waals surface area contributed by atoms with Crippen LogP contribution in [0.5, 0.6) is 0 Å². The maximum absolute atomic E-state index is 13.9. The first-order chi connectivity index (χ1) is 16.3. The van der Waals surface area contributed by atoms with Crippen molar-refractivity contribution >= 4 is 22.4 Å². The number of nitrogens with zero attached hydrogens (tertiary/aromatic N) is 3. The van der Waals surface area contributed by atoms with E-state index in [4.69, 9.17) is 0 Å². The van der Waals surface area contributed by atoms with E-state index in [9.17, 15) is 23.2 Å². The van der Waals surface area contributed by atoms with Gasteiger partial charge < -0.3 is 10.3 Å². The number of H-pyrrole nitrogens is 1. The number of aromatic nitrogens is 3. The predicted molar refractivity (Wildman–Crippen MR) is 122 cm³/mol. The van der Waals surface area contributed by atoms with Crippen molar-refractivity contribution in [1.29, 1.82) is 5.26 Å². The molecule has 0 radical (unpaired) electrons. The van der Waals surface area contributed by atoms with Gasteiger partial charge in [-0.3, -0.25) is 14.8 Å². The summed E-state index contributed by atoms with van der Waals surface area (Å²) in [5, 5.41) is 20.4. The molecule has 1 aliphatic heterocycles. The van der Waals surface area contributed by atoms with Gasteiger partial charge in [0.25, 0.3) is 5.56 Å². The number of rotatable bonds is 4. The highest BCUT2D eigenvalue weighted by Crippen LogP contribution is 2.45. The van der Waals surface area contributed by atoms with Crippen LogP contribution in [0.4, 0.5) is 24.7 Å². The summed E-state index contributed by atoms with van der Waals surface area (Å²) < 4.78 is 43.3. The van der Waals surface area contributed by atoms with Gasteiger partial charge in [-0.2, -0.15) is 23.5 Å². The molecule has 3 heterocycles. The third kappa shape index (κ3) is 3.64. The number of fused-ring (bicyclic) bond motifs is 1. The monoisotopic (exact) mass is 470 g/mol. The molecule has 1 aliphatic carbocycles. The molecule has 0 bridgehead atoms. The number of alkyl halides is 3. The van der Waals surface area contributed by atoms with Gasteiger partial charge >= 0.3 is 6.18 Å². The minimum absolute atomic E-state index is 0.00482. The number of hydrogen-bond acceptors (Lipinski definition) is 5. The molecule has 2 fully saturated rings. The van der Waals surface area contributed by atoms with Crippen LogP contribution >= 0.6 is 0 Å². The lowest BCUT2D eigenvalue weighted by molar-refractivity contribution is -0.196. The van der Waals surface area contributed by atoms with Crippen LogP contribution < -0.4 is 16.2 Å². The number of anilines is 2. The fourth-order valence-electron chi connectivity index (χ4n) is 5.36. The quantitative estimate of drug-likeness (QED) is 0.506. The normalized spacial score (nSPS) is 25.4. The van der Waals surface area contributed by atoms with Gasteiger partial charge in [-0.25, -0.2) is 0 Å². The second-order valence-electron chi connectivity index (χ2n) is 9.08. The highest BCUT2D eigenvalue weighted by molar-refractivity contribution is 5.91. The number of halogens is 3. The Morgan fingerprint density at radius 1 is 1.15 bits per heavy atom. The van der Waals surface area contributed by atoms with E-state index in [1.807, 2.05) is 0 Å². The maximum Gasteiger partial charge on any atom is 0.410 e. The number of nitrogens with one attached hydrogen (secondary N) is 3. The molecule has 3 unspecified atom stereocenters. The standard InChI is InChI=1S/C24H25F3N6O/c25-24(26,27)23(11-3-12-30-23)16-6-8-17(9-7-16)31-21-20-19(10-13-29-22(20)34)33(32-21)18-5-2-1-4-15(18)14-28/h6-10,13,15,18,30H,1-5,11-12H2,(H,29,34)(H,31,32). The molecule has 2 aromatic heterocycles. The molecule has 178 valence electrons. The van der Waals surface area contributed by atoms with Gasteiger partial charge in [-0.05, 0) is 56.0 Å². The lowest BCUT2D eigenvalue weighted by Crippen LogP contribution is -2.49. The second-order valence-corrected chi connectivity index (χ2v) is 9.08. The van der Waals surface area contributed by atoms with Gasteiger partial charge in [-0.1, -0.05) is 25.0 Å². The van der Waals surface area contributed by atoms with E-state index in [1.165, 1.54) is 12.1 Å². The minimum Gasteiger partial charge on any atom is -0.338 e. The van der Waals surface area contributed by atoms with Crippen molar-refractivity contribution in [3.05, 3.63) is 52.4 Å². The summed E-state index contributed by atoms with van der Waals surface area (Å²) in [6, 6.07) is 10.1. The molecule has 0 spiro atoms. The Balaban J connectivity index is 1.50. The first kappa shape index (κ1) is 22.5. The average molecular weight is 470 g/mol. The van der Waals surface area contributed by atoms with Crippen molar-refractivity contribution in [3.63, 3.8) is 0 Å². The van der Waals surface area contributed by atoms with Crippen molar-refractivity contribution in [3.8, 4) is 6.07 Å². The Hall–Kier alpha value is -3.32. The molecule has 3 aromatic rings. The van der Waals surface area contributed by atoms with E-state index < -0.39 is 11.7 Å². The minimum atomic E-state index is -4.40. The molecule has 3 atom stereocenters. The molecule has 3 N–H and O–H groups in total. The summed E-state index contributed by atoms with van der Waals surface area (Å²) in [6.45, 7) is 0.316. The maximum atomic E-state index is 13.9. The largest absolute Gasteiger partial charge is 0.410 e. The molecule has 5 rings (SSSR count). The van der Waals surface area contributed by atoms with Crippen LogP contribution in [0.25, 0.3) is 10.9 Å². The summed E-state index contributed by atoms with van der Waals surface area (Å²) in [5.74, 6) is 0.122. The Morgan fingerprint density at radius 3 is 2.59 bits per heavy atom. The van der Waals surface area contributed by atoms with Crippen LogP contribution in [0.15, 0.2) is 41.3 Å². The van der Waals surface area contributed by atoms with Crippen molar-refractivity contribution in [2.75, 3.05) is 11.9 Å². The Morgan fingerprint density at radius 2 is 1.91 bits per heavy atom. The highest BCUT2D eigenvalue weighted by atomic mass is 19.4. The van der Waals surface area contributed by atoms with Gasteiger partial charge in [-0.15, -0.1) is 0 Å². The molecule has 34 heavy (non-hydrogen) atoms. The zero-order valence-corrected chi connectivity index (χ0v) is 18.5. The number of hydrogen-bond donors (Lipinski definition) is 3. The predicted octanol–water partition coefficient (Wildman–Crippen LogP) is 4.86. The summed E-state index contributed by atoms with van der Waals surface area (Å²) in [4.78, 5) is 15.3. The summed E-state index contributed by atoms with van der Waals surface area (Å²) in [7, 11) is 0. The Kier molecular flexibility index (Phi) is 5.60. The van der Waals surface area contributed by atoms with Crippen LogP contribution in [0, 0.1) is 17.2 Å². The van der Waals surface area contributed by atoms with E-state index in [0.717, 1.165) is 25.7 Å². The topological polar surface area (TPSA) is 98.5 Å². The Labute approximate surface area is 194 Å². The smallest absolute Gasteiger partial charge is 0.338 e. The third-order valence-electron chi connectivity index (χ3n) is 7.12. The molecule has 2 aliphatic rings. The highest BCUT2D eigenvalue weighted by Gasteiger charge is 2.57. The van der Waals surface area contributed by atoms with E-state index >= 15 is 0 Å². The van der Waals surface area contributed by atoms with Crippen molar-refractivity contribution in [2.45, 2.75) is 56.3 Å². The van der Waals surface area contributed by atoms with Gasteiger partial charge in [0.05, 0.1) is 23.5 Å². The second kappa shape index (κ2) is 8.47. The van der Waals surface area contributed by atoms with Crippen LogP contribution in [0.3, 0.4) is 0 Å². The summed E-state index contributed by atoms with van der Waals surface area (Å²) in [5.41, 5.74) is -1.05. The Bertz CT molecular complexity index is 1280. The molecule has 10 heteroatoms. The van der Waals surface area contributed by atoms with Gasteiger partial charge in [0, 0.05) is 11.9 Å². The number of pyridine rings is 1. The third-order valence-corrected chi connectivity index (χ3v) is 7.12. The van der Waals surface area contributed by atoms with Crippen molar-refractivity contribution in [1.82, 2.24) is 20.1 Å². The average Bonchev–Trinajstić information content (AvgIpc) is 3.47. The van der Waals surface area contributed by atoms with Crippen LogP contribution in [-0.2, 0) is 5.54 Å². The van der Waals surface area contributed by atoms with E-state index in [1.54, 1.807) is 29.1 Å². The molecule has 1 aromatic carbocycles. The zero-order chi connectivity index (χ0) is 23.9. The molecular formula is C24H25F3N6O. The van der Waals surface area contributed by atoms with Gasteiger partial charge in [0.2, 0.25) is 0 Å². The van der Waals surface area contributed by atoms with E-state index in [2.05, 4.69) is 26.8 Å². The lowest BCUT2D eigenvalue weighted by atomic mass is 9.85. The molecule has 1 saturated carbocycles. The molecule has 0 amide bonds. The van der Waals surface area contributed by atoms with E-state index in [-0.39, 0.29) is 29.5 Å². The molecular weight excluding hydrogens is 445 g/mol. The van der Waals surface area contributed by atoms with E-state index in [0.29, 0.717) is 35.4 Å². The lowest BCUT2D eigenvalue weighted by Gasteiger charge is -2.32. The summed E-state index contributed by atoms with van der Waals surface area (Å²) in [6.07, 6.45) is 1.14. The summed E-state index contributed by atoms with van der Waals surface area (Å²) >= 11 is 0.